The van der Waals surface area contributed by atoms with E-state index in [0.29, 0.717) is 0 Å². The molecule has 0 spiro atoms. The maximum Gasteiger partial charge on any atom is 0.141 e. The molecular weight excluding hydrogens is 340 g/mol. The number of hydrogen-bond donors (Lipinski definition) is 1. The molecule has 2 aliphatic rings. The smallest absolute Gasteiger partial charge is 0.141 e. The lowest BCUT2D eigenvalue weighted by atomic mass is 10.1. The number of rotatable bonds is 3. The predicted molar refractivity (Wildman–Crippen MR) is 107 cm³/mol. The molecule has 0 atom stereocenters. The van der Waals surface area contributed by atoms with E-state index in [4.69, 9.17) is 4.98 Å². The molecule has 1 aliphatic carbocycles. The van der Waals surface area contributed by atoms with Gasteiger partial charge in [0, 0.05) is 10.4 Å². The number of aryl methyl sites for hydroxylation is 3. The zero-order chi connectivity index (χ0) is 17.5. The van der Waals surface area contributed by atoms with E-state index in [-0.39, 0.29) is 0 Å². The van der Waals surface area contributed by atoms with Gasteiger partial charge in [0.25, 0.3) is 0 Å². The van der Waals surface area contributed by atoms with Crippen LogP contribution in [0.5, 0.6) is 0 Å². The monoisotopic (exact) mass is 365 g/mol. The van der Waals surface area contributed by atoms with Gasteiger partial charge in [0.15, 0.2) is 0 Å². The highest BCUT2D eigenvalue weighted by atomic mass is 32.1. The second-order valence-corrected chi connectivity index (χ2v) is 8.66. The van der Waals surface area contributed by atoms with E-state index >= 15 is 0 Å². The van der Waals surface area contributed by atoms with E-state index in [1.54, 1.807) is 16.1 Å². The molecule has 4 nitrogen and oxygen atoms in total. The van der Waals surface area contributed by atoms with Gasteiger partial charge in [-0.05, 0) is 37.3 Å². The highest BCUT2D eigenvalue weighted by Crippen LogP contribution is 2.40. The fourth-order valence-corrected chi connectivity index (χ4v) is 5.66. The Bertz CT molecular complexity index is 940. The molecule has 1 fully saturated rings. The number of anilines is 1. The van der Waals surface area contributed by atoms with Crippen LogP contribution in [-0.2, 0) is 19.4 Å². The fraction of sp³-hybridized carbons (Fsp3) is 0.429. The van der Waals surface area contributed by atoms with Crippen molar-refractivity contribution in [2.45, 2.75) is 32.7 Å². The Kier molecular flexibility index (Phi) is 4.14. The number of thiophene rings is 1. The van der Waals surface area contributed by atoms with Gasteiger partial charge in [0.05, 0.1) is 31.6 Å². The first kappa shape index (κ1) is 16.2. The summed E-state index contributed by atoms with van der Waals surface area (Å²) in [5.41, 5.74) is 4.43. The summed E-state index contributed by atoms with van der Waals surface area (Å²) in [6, 6.07) is 8.79. The maximum atomic E-state index is 4.72. The van der Waals surface area contributed by atoms with Crippen LogP contribution in [0.1, 0.15) is 28.0 Å². The molecule has 1 saturated heterocycles. The lowest BCUT2D eigenvalue weighted by Crippen LogP contribution is -3.13. The number of hydrogen-bond acceptors (Lipinski definition) is 4. The van der Waals surface area contributed by atoms with E-state index in [2.05, 4.69) is 41.1 Å². The lowest BCUT2D eigenvalue weighted by Gasteiger charge is -2.33. The first-order valence-corrected chi connectivity index (χ1v) is 10.5. The molecule has 0 radical (unpaired) electrons. The molecule has 1 aromatic carbocycles. The summed E-state index contributed by atoms with van der Waals surface area (Å²) < 4.78 is 0. The van der Waals surface area contributed by atoms with Crippen molar-refractivity contribution in [2.24, 2.45) is 0 Å². The van der Waals surface area contributed by atoms with Crippen LogP contribution < -0.4 is 9.80 Å². The van der Waals surface area contributed by atoms with Crippen molar-refractivity contribution in [3.63, 3.8) is 0 Å². The molecule has 134 valence electrons. The summed E-state index contributed by atoms with van der Waals surface area (Å²) in [5.74, 6) is 1.18. The van der Waals surface area contributed by atoms with Crippen molar-refractivity contribution < 1.29 is 4.90 Å². The molecule has 5 heteroatoms. The molecular formula is C21H25N4S+. The minimum atomic E-state index is 1.08. The van der Waals surface area contributed by atoms with E-state index in [9.17, 15) is 0 Å². The van der Waals surface area contributed by atoms with Crippen molar-refractivity contribution >= 4 is 27.4 Å². The van der Waals surface area contributed by atoms with Gasteiger partial charge < -0.3 is 9.80 Å². The number of nitrogens with zero attached hydrogens (tertiary/aromatic N) is 3. The largest absolute Gasteiger partial charge is 0.345 e. The Hall–Kier alpha value is -1.98. The van der Waals surface area contributed by atoms with Gasteiger partial charge in [-0.25, -0.2) is 9.97 Å². The SMILES string of the molecule is Cc1ccccc1C[NH+]1CCN(c2ncnc3sc4c(c23)CCC4)CC1. The zero-order valence-corrected chi connectivity index (χ0v) is 16.1. The molecule has 26 heavy (non-hydrogen) atoms. The van der Waals surface area contributed by atoms with Gasteiger partial charge in [0.2, 0.25) is 0 Å². The first-order chi connectivity index (χ1) is 12.8. The molecule has 1 N–H and O–H groups in total. The molecule has 5 rings (SSSR count). The third-order valence-corrected chi connectivity index (χ3v) is 7.15. The molecule has 0 amide bonds. The molecule has 1 aliphatic heterocycles. The number of piperazine rings is 1. The van der Waals surface area contributed by atoms with Crippen LogP contribution in [0.15, 0.2) is 30.6 Å². The minimum Gasteiger partial charge on any atom is -0.345 e. The molecule has 0 bridgehead atoms. The van der Waals surface area contributed by atoms with Crippen molar-refractivity contribution in [3.8, 4) is 0 Å². The van der Waals surface area contributed by atoms with E-state index in [0.717, 1.165) is 19.6 Å². The van der Waals surface area contributed by atoms with Gasteiger partial charge in [-0.3, -0.25) is 0 Å². The molecule has 0 unspecified atom stereocenters. The number of quaternary nitrogens is 1. The van der Waals surface area contributed by atoms with Gasteiger partial charge in [0.1, 0.15) is 23.5 Å². The highest BCUT2D eigenvalue weighted by molar-refractivity contribution is 7.19. The van der Waals surface area contributed by atoms with Crippen LogP contribution in [0.3, 0.4) is 0 Å². The van der Waals surface area contributed by atoms with Crippen LogP contribution in [0.25, 0.3) is 10.2 Å². The quantitative estimate of drug-likeness (QED) is 0.774. The Morgan fingerprint density at radius 3 is 2.81 bits per heavy atom. The topological polar surface area (TPSA) is 33.5 Å². The van der Waals surface area contributed by atoms with Gasteiger partial charge in [-0.15, -0.1) is 11.3 Å². The summed E-state index contributed by atoms with van der Waals surface area (Å²) >= 11 is 1.89. The number of aromatic nitrogens is 2. The van der Waals surface area contributed by atoms with Gasteiger partial charge in [-0.2, -0.15) is 0 Å². The Labute approximate surface area is 158 Å². The summed E-state index contributed by atoms with van der Waals surface area (Å²) in [6.07, 6.45) is 5.48. The maximum absolute atomic E-state index is 4.72. The van der Waals surface area contributed by atoms with E-state index < -0.39 is 0 Å². The summed E-state index contributed by atoms with van der Waals surface area (Å²) in [5, 5.41) is 1.35. The lowest BCUT2D eigenvalue weighted by molar-refractivity contribution is -0.914. The molecule has 3 heterocycles. The Balaban J connectivity index is 1.35. The second-order valence-electron chi connectivity index (χ2n) is 7.58. The second kappa shape index (κ2) is 6.63. The number of fused-ring (bicyclic) bond motifs is 3. The minimum absolute atomic E-state index is 1.08. The third kappa shape index (κ3) is 2.79. The van der Waals surface area contributed by atoms with Crippen LogP contribution in [0, 0.1) is 6.92 Å². The normalized spacial score (nSPS) is 17.8. The zero-order valence-electron chi connectivity index (χ0n) is 15.3. The molecule has 0 saturated carbocycles. The number of nitrogens with one attached hydrogen (secondary N) is 1. The van der Waals surface area contributed by atoms with Crippen LogP contribution >= 0.6 is 11.3 Å². The van der Waals surface area contributed by atoms with Crippen LogP contribution in [0.4, 0.5) is 5.82 Å². The van der Waals surface area contributed by atoms with Crippen molar-refractivity contribution in [1.29, 1.82) is 0 Å². The van der Waals surface area contributed by atoms with E-state index in [1.807, 2.05) is 11.3 Å². The van der Waals surface area contributed by atoms with Crippen LogP contribution in [0.2, 0.25) is 0 Å². The average molecular weight is 366 g/mol. The number of benzene rings is 1. The molecule has 2 aromatic heterocycles. The first-order valence-electron chi connectivity index (χ1n) is 9.68. The average Bonchev–Trinajstić information content (AvgIpc) is 3.25. The highest BCUT2D eigenvalue weighted by Gasteiger charge is 2.27. The summed E-state index contributed by atoms with van der Waals surface area (Å²) in [7, 11) is 0. The summed E-state index contributed by atoms with van der Waals surface area (Å²) in [4.78, 5) is 16.2. The fourth-order valence-electron chi connectivity index (χ4n) is 4.44. The Morgan fingerprint density at radius 1 is 1.12 bits per heavy atom. The van der Waals surface area contributed by atoms with E-state index in [1.165, 1.54) is 65.1 Å². The predicted octanol–water partition coefficient (Wildman–Crippen LogP) is 2.39. The van der Waals surface area contributed by atoms with Crippen molar-refractivity contribution in [1.82, 2.24) is 9.97 Å². The van der Waals surface area contributed by atoms with Crippen molar-refractivity contribution in [2.75, 3.05) is 31.1 Å². The molecule has 3 aromatic rings. The van der Waals surface area contributed by atoms with Crippen molar-refractivity contribution in [3.05, 3.63) is 52.2 Å². The third-order valence-electron chi connectivity index (χ3n) is 5.95. The Morgan fingerprint density at radius 2 is 1.96 bits per heavy atom. The van der Waals surface area contributed by atoms with Crippen LogP contribution in [-0.4, -0.2) is 36.1 Å². The summed E-state index contributed by atoms with van der Waals surface area (Å²) in [6.45, 7) is 7.86. The van der Waals surface area contributed by atoms with Gasteiger partial charge >= 0.3 is 0 Å². The van der Waals surface area contributed by atoms with Gasteiger partial charge in [-0.1, -0.05) is 24.3 Å². The standard InChI is InChI=1S/C21H24N4S/c1-15-5-2-3-6-16(15)13-24-9-11-25(12-10-24)20-19-17-7-4-8-18(17)26-21(19)23-14-22-20/h2-3,5-6,14H,4,7-13H2,1H3/p+1.